The molecule has 6 heteroatoms. The summed E-state index contributed by atoms with van der Waals surface area (Å²) < 4.78 is 33.0. The van der Waals surface area contributed by atoms with E-state index in [1.54, 1.807) is 20.8 Å². The van der Waals surface area contributed by atoms with Gasteiger partial charge in [0.15, 0.2) is 0 Å². The smallest absolute Gasteiger partial charge is 0.410 e. The third kappa shape index (κ3) is 2.83. The molecule has 0 atom stereocenters. The van der Waals surface area contributed by atoms with Crippen molar-refractivity contribution >= 4 is 6.09 Å². The Morgan fingerprint density at radius 1 is 1.21 bits per heavy atom. The lowest BCUT2D eigenvalue weighted by atomic mass is 9.75. The monoisotopic (exact) mass is 276 g/mol. The van der Waals surface area contributed by atoms with E-state index in [-0.39, 0.29) is 6.54 Å². The van der Waals surface area contributed by atoms with Crippen LogP contribution in [0, 0.1) is 5.41 Å². The van der Waals surface area contributed by atoms with E-state index in [1.165, 1.54) is 4.90 Å². The number of nitrogens with zero attached hydrogens (tertiary/aromatic N) is 1. The van der Waals surface area contributed by atoms with Crippen LogP contribution in [0.15, 0.2) is 0 Å². The summed E-state index contributed by atoms with van der Waals surface area (Å²) in [6, 6.07) is 0. The second-order valence-electron chi connectivity index (χ2n) is 6.56. The highest BCUT2D eigenvalue weighted by Crippen LogP contribution is 2.47. The summed E-state index contributed by atoms with van der Waals surface area (Å²) in [5, 5.41) is 2.77. The Balaban J connectivity index is 1.94. The second-order valence-corrected chi connectivity index (χ2v) is 6.56. The van der Waals surface area contributed by atoms with Crippen molar-refractivity contribution in [1.82, 2.24) is 10.2 Å². The third-order valence-corrected chi connectivity index (χ3v) is 3.96. The Labute approximate surface area is 112 Å². The molecule has 2 fully saturated rings. The number of likely N-dealkylation sites (tertiary alicyclic amines) is 1. The zero-order chi connectivity index (χ0) is 14.3. The zero-order valence-electron chi connectivity index (χ0n) is 11.8. The number of halogens is 2. The van der Waals surface area contributed by atoms with Crippen LogP contribution in [0.5, 0.6) is 0 Å². The summed E-state index contributed by atoms with van der Waals surface area (Å²) in [4.78, 5) is 13.4. The van der Waals surface area contributed by atoms with E-state index in [1.807, 2.05) is 0 Å². The first-order chi connectivity index (χ1) is 8.65. The molecule has 0 unspecified atom stereocenters. The molecule has 2 heterocycles. The zero-order valence-corrected chi connectivity index (χ0v) is 11.8. The molecule has 19 heavy (non-hydrogen) atoms. The minimum Gasteiger partial charge on any atom is -0.444 e. The third-order valence-electron chi connectivity index (χ3n) is 3.96. The van der Waals surface area contributed by atoms with E-state index in [0.29, 0.717) is 32.5 Å². The van der Waals surface area contributed by atoms with Crippen molar-refractivity contribution < 1.29 is 18.3 Å². The number of ether oxygens (including phenoxy) is 1. The van der Waals surface area contributed by atoms with E-state index >= 15 is 0 Å². The minimum absolute atomic E-state index is 0.251. The predicted octanol–water partition coefficient (Wildman–Crippen LogP) is 2.24. The van der Waals surface area contributed by atoms with Gasteiger partial charge in [0.05, 0.1) is 12.0 Å². The van der Waals surface area contributed by atoms with E-state index in [4.69, 9.17) is 4.74 Å². The average molecular weight is 276 g/mol. The quantitative estimate of drug-likeness (QED) is 0.738. The molecule has 2 rings (SSSR count). The van der Waals surface area contributed by atoms with Crippen molar-refractivity contribution in [2.75, 3.05) is 26.2 Å². The van der Waals surface area contributed by atoms with Crippen LogP contribution >= 0.6 is 0 Å². The summed E-state index contributed by atoms with van der Waals surface area (Å²) in [5.41, 5.74) is -1.53. The number of hydrogen-bond acceptors (Lipinski definition) is 3. The number of nitrogens with one attached hydrogen (secondary N) is 1. The van der Waals surface area contributed by atoms with Crippen LogP contribution < -0.4 is 5.32 Å². The molecular formula is C13H22F2N2O2. The van der Waals surface area contributed by atoms with Gasteiger partial charge < -0.3 is 15.0 Å². The summed E-state index contributed by atoms with van der Waals surface area (Å²) in [6.45, 7) is 6.15. The molecule has 110 valence electrons. The normalized spacial score (nSPS) is 25.6. The molecule has 0 radical (unpaired) electrons. The first-order valence-corrected chi connectivity index (χ1v) is 6.72. The number of carbonyl (C=O) groups is 1. The van der Waals surface area contributed by atoms with Gasteiger partial charge >= 0.3 is 6.09 Å². The van der Waals surface area contributed by atoms with Gasteiger partial charge in [0.25, 0.3) is 5.92 Å². The maximum Gasteiger partial charge on any atom is 0.410 e. The Kier molecular flexibility index (Phi) is 3.49. The summed E-state index contributed by atoms with van der Waals surface area (Å²) >= 11 is 0. The number of rotatable bonds is 0. The average Bonchev–Trinajstić information content (AvgIpc) is 2.53. The van der Waals surface area contributed by atoms with E-state index in [0.717, 1.165) is 0 Å². The van der Waals surface area contributed by atoms with Crippen LogP contribution in [0.3, 0.4) is 0 Å². The second kappa shape index (κ2) is 4.58. The van der Waals surface area contributed by atoms with Gasteiger partial charge in [-0.15, -0.1) is 0 Å². The Morgan fingerprint density at radius 3 is 2.21 bits per heavy atom. The molecule has 0 bridgehead atoms. The lowest BCUT2D eigenvalue weighted by Gasteiger charge is -2.42. The fraction of sp³-hybridized carbons (Fsp3) is 0.923. The molecule has 1 amide bonds. The maximum atomic E-state index is 13.9. The highest BCUT2D eigenvalue weighted by atomic mass is 19.3. The van der Waals surface area contributed by atoms with Crippen LogP contribution in [-0.4, -0.2) is 48.7 Å². The molecule has 0 saturated carbocycles. The van der Waals surface area contributed by atoms with Gasteiger partial charge in [-0.05, 0) is 33.6 Å². The number of amides is 1. The minimum atomic E-state index is -2.67. The number of hydrogen-bond donors (Lipinski definition) is 1. The van der Waals surface area contributed by atoms with Crippen molar-refractivity contribution in [3.05, 3.63) is 0 Å². The van der Waals surface area contributed by atoms with Crippen LogP contribution in [0.2, 0.25) is 0 Å². The molecule has 0 aromatic rings. The van der Waals surface area contributed by atoms with E-state index in [9.17, 15) is 13.6 Å². The Hall–Kier alpha value is -0.910. The summed E-state index contributed by atoms with van der Waals surface area (Å²) in [7, 11) is 0. The van der Waals surface area contributed by atoms with Crippen LogP contribution in [0.4, 0.5) is 13.6 Å². The molecular weight excluding hydrogens is 254 g/mol. The van der Waals surface area contributed by atoms with Gasteiger partial charge in [-0.1, -0.05) is 0 Å². The predicted molar refractivity (Wildman–Crippen MR) is 67.3 cm³/mol. The number of carbonyl (C=O) groups excluding carboxylic acids is 1. The van der Waals surface area contributed by atoms with Gasteiger partial charge in [0.2, 0.25) is 0 Å². The first-order valence-electron chi connectivity index (χ1n) is 6.72. The van der Waals surface area contributed by atoms with E-state index in [2.05, 4.69) is 5.32 Å². The van der Waals surface area contributed by atoms with Crippen molar-refractivity contribution in [3.63, 3.8) is 0 Å². The maximum absolute atomic E-state index is 13.9. The van der Waals surface area contributed by atoms with Crippen molar-refractivity contribution in [1.29, 1.82) is 0 Å². The molecule has 4 nitrogen and oxygen atoms in total. The fourth-order valence-electron chi connectivity index (χ4n) is 2.76. The molecule has 2 aliphatic heterocycles. The SMILES string of the molecule is CC(C)(C)OC(=O)N1CCC2(CC1)CNCC2(F)F. The van der Waals surface area contributed by atoms with E-state index < -0.39 is 23.0 Å². The van der Waals surface area contributed by atoms with Crippen LogP contribution in [0.25, 0.3) is 0 Å². The van der Waals surface area contributed by atoms with Crippen molar-refractivity contribution in [2.24, 2.45) is 5.41 Å². The summed E-state index contributed by atoms with van der Waals surface area (Å²) in [5.74, 6) is -2.67. The van der Waals surface area contributed by atoms with Crippen molar-refractivity contribution in [3.8, 4) is 0 Å². The molecule has 0 aromatic carbocycles. The standard InChI is InChI=1S/C13H22F2N2O2/c1-11(2,3)19-10(18)17-6-4-12(5-7-17)8-16-9-13(12,14)15/h16H,4-9H2,1-3H3. The van der Waals surface area contributed by atoms with Gasteiger partial charge in [-0.3, -0.25) is 0 Å². The highest BCUT2D eigenvalue weighted by molar-refractivity contribution is 5.68. The summed E-state index contributed by atoms with van der Waals surface area (Å²) in [6.07, 6.45) is 0.245. The fourth-order valence-corrected chi connectivity index (χ4v) is 2.76. The first kappa shape index (κ1) is 14.5. The molecule has 0 aliphatic carbocycles. The number of alkyl halides is 2. The Morgan fingerprint density at radius 2 is 1.79 bits per heavy atom. The molecule has 0 aromatic heterocycles. The van der Waals surface area contributed by atoms with Crippen LogP contribution in [-0.2, 0) is 4.74 Å². The lowest BCUT2D eigenvalue weighted by molar-refractivity contribution is -0.109. The topological polar surface area (TPSA) is 41.6 Å². The van der Waals surface area contributed by atoms with Gasteiger partial charge in [-0.25, -0.2) is 13.6 Å². The molecule has 2 aliphatic rings. The molecule has 1 spiro atoms. The largest absolute Gasteiger partial charge is 0.444 e. The van der Waals surface area contributed by atoms with Crippen molar-refractivity contribution in [2.45, 2.75) is 45.1 Å². The van der Waals surface area contributed by atoms with Gasteiger partial charge in [0.1, 0.15) is 5.60 Å². The molecule has 1 N–H and O–H groups in total. The van der Waals surface area contributed by atoms with Gasteiger partial charge in [0, 0.05) is 19.6 Å². The molecule has 2 saturated heterocycles. The number of piperidine rings is 1. The van der Waals surface area contributed by atoms with Gasteiger partial charge in [-0.2, -0.15) is 0 Å². The Bertz CT molecular complexity index is 358. The lowest BCUT2D eigenvalue weighted by Crippen LogP contribution is -2.51. The van der Waals surface area contributed by atoms with Crippen LogP contribution in [0.1, 0.15) is 33.6 Å². The highest BCUT2D eigenvalue weighted by Gasteiger charge is 2.58.